The van der Waals surface area contributed by atoms with Gasteiger partial charge in [-0.1, -0.05) is 90.4 Å². The van der Waals surface area contributed by atoms with E-state index in [1.54, 1.807) is 0 Å². The van der Waals surface area contributed by atoms with Gasteiger partial charge in [0.25, 0.3) is 0 Å². The SMILES string of the molecule is C=C.CCCC1CCCCCCCCCCC1. The first-order chi connectivity index (χ1) is 8.43. The Bertz CT molecular complexity index is 127. The highest BCUT2D eigenvalue weighted by molar-refractivity contribution is 4.61. The fourth-order valence-corrected chi connectivity index (χ4v) is 2.94. The molecule has 0 unspecified atom stereocenters. The molecule has 1 aliphatic carbocycles. The summed E-state index contributed by atoms with van der Waals surface area (Å²) in [5.41, 5.74) is 0. The largest absolute Gasteiger partial charge is 0.106 e. The van der Waals surface area contributed by atoms with Gasteiger partial charge < -0.3 is 0 Å². The van der Waals surface area contributed by atoms with Crippen LogP contribution in [0.15, 0.2) is 13.2 Å². The summed E-state index contributed by atoms with van der Waals surface area (Å²) < 4.78 is 0. The van der Waals surface area contributed by atoms with E-state index < -0.39 is 0 Å². The third-order valence-corrected chi connectivity index (χ3v) is 3.92. The molecule has 0 nitrogen and oxygen atoms in total. The molecule has 0 heteroatoms. The van der Waals surface area contributed by atoms with Crippen molar-refractivity contribution >= 4 is 0 Å². The van der Waals surface area contributed by atoms with Gasteiger partial charge in [-0.05, 0) is 5.92 Å². The van der Waals surface area contributed by atoms with Crippen LogP contribution >= 0.6 is 0 Å². The van der Waals surface area contributed by atoms with Crippen molar-refractivity contribution in [2.24, 2.45) is 5.92 Å². The molecule has 0 aromatic heterocycles. The van der Waals surface area contributed by atoms with E-state index in [1.165, 1.54) is 83.5 Å². The summed E-state index contributed by atoms with van der Waals surface area (Å²) in [4.78, 5) is 0. The topological polar surface area (TPSA) is 0 Å². The van der Waals surface area contributed by atoms with Gasteiger partial charge in [-0.15, -0.1) is 13.2 Å². The second-order valence-electron chi connectivity index (χ2n) is 5.41. The van der Waals surface area contributed by atoms with Gasteiger partial charge >= 0.3 is 0 Å². The molecule has 0 radical (unpaired) electrons. The third-order valence-electron chi connectivity index (χ3n) is 3.92. The second-order valence-corrected chi connectivity index (χ2v) is 5.41. The third kappa shape index (κ3) is 10.6. The smallest absolute Gasteiger partial charge is 0.0414 e. The normalized spacial score (nSPS) is 20.5. The molecule has 102 valence electrons. The van der Waals surface area contributed by atoms with E-state index in [4.69, 9.17) is 0 Å². The minimum Gasteiger partial charge on any atom is -0.106 e. The van der Waals surface area contributed by atoms with Gasteiger partial charge in [-0.3, -0.25) is 0 Å². The minimum atomic E-state index is 1.06. The van der Waals surface area contributed by atoms with Gasteiger partial charge in [-0.25, -0.2) is 0 Å². The van der Waals surface area contributed by atoms with E-state index in [0.29, 0.717) is 0 Å². The number of rotatable bonds is 2. The highest BCUT2D eigenvalue weighted by Gasteiger charge is 2.07. The highest BCUT2D eigenvalue weighted by atomic mass is 14.1. The lowest BCUT2D eigenvalue weighted by Crippen LogP contribution is -2.01. The van der Waals surface area contributed by atoms with Gasteiger partial charge in [0.2, 0.25) is 0 Å². The maximum Gasteiger partial charge on any atom is -0.0414 e. The molecule has 1 saturated carbocycles. The Morgan fingerprint density at radius 1 is 0.706 bits per heavy atom. The average molecular weight is 238 g/mol. The van der Waals surface area contributed by atoms with Crippen LogP contribution in [0.2, 0.25) is 0 Å². The quantitative estimate of drug-likeness (QED) is 0.481. The Morgan fingerprint density at radius 2 is 1.06 bits per heavy atom. The fraction of sp³-hybridized carbons (Fsp3) is 0.882. The van der Waals surface area contributed by atoms with Crippen molar-refractivity contribution in [2.45, 2.75) is 90.4 Å². The summed E-state index contributed by atoms with van der Waals surface area (Å²) in [6.07, 6.45) is 19.4. The molecular formula is C17H34. The molecule has 1 fully saturated rings. The summed E-state index contributed by atoms with van der Waals surface area (Å²) in [5.74, 6) is 1.06. The molecule has 0 aromatic rings. The van der Waals surface area contributed by atoms with E-state index in [1.807, 2.05) is 0 Å². The molecule has 0 spiro atoms. The molecule has 1 aliphatic rings. The Labute approximate surface area is 110 Å². The van der Waals surface area contributed by atoms with Crippen molar-refractivity contribution in [1.82, 2.24) is 0 Å². The molecule has 17 heavy (non-hydrogen) atoms. The van der Waals surface area contributed by atoms with Crippen molar-refractivity contribution in [3.63, 3.8) is 0 Å². The van der Waals surface area contributed by atoms with Crippen molar-refractivity contribution < 1.29 is 0 Å². The zero-order valence-electron chi connectivity index (χ0n) is 12.2. The summed E-state index contributed by atoms with van der Waals surface area (Å²) in [6, 6.07) is 0. The van der Waals surface area contributed by atoms with Crippen LogP contribution in [0.5, 0.6) is 0 Å². The maximum absolute atomic E-state index is 3.00. The lowest BCUT2D eigenvalue weighted by molar-refractivity contribution is 0.371. The van der Waals surface area contributed by atoms with Gasteiger partial charge in [0.1, 0.15) is 0 Å². The molecule has 0 amide bonds. The first-order valence-corrected chi connectivity index (χ1v) is 7.93. The van der Waals surface area contributed by atoms with Crippen LogP contribution in [0.1, 0.15) is 90.4 Å². The van der Waals surface area contributed by atoms with Crippen LogP contribution in [0.3, 0.4) is 0 Å². The molecule has 0 bridgehead atoms. The zero-order valence-corrected chi connectivity index (χ0v) is 12.2. The van der Waals surface area contributed by atoms with Gasteiger partial charge in [0.15, 0.2) is 0 Å². The molecule has 0 N–H and O–H groups in total. The lowest BCUT2D eigenvalue weighted by Gasteiger charge is -2.16. The van der Waals surface area contributed by atoms with Crippen molar-refractivity contribution in [3.05, 3.63) is 13.2 Å². The fourth-order valence-electron chi connectivity index (χ4n) is 2.94. The van der Waals surface area contributed by atoms with Crippen LogP contribution in [0.25, 0.3) is 0 Å². The van der Waals surface area contributed by atoms with Gasteiger partial charge in [0.05, 0.1) is 0 Å². The first kappa shape index (κ1) is 16.7. The summed E-state index contributed by atoms with van der Waals surface area (Å²) in [5, 5.41) is 0. The van der Waals surface area contributed by atoms with E-state index in [9.17, 15) is 0 Å². The predicted octanol–water partition coefficient (Wildman–Crippen LogP) is 6.51. The van der Waals surface area contributed by atoms with E-state index in [0.717, 1.165) is 5.92 Å². The van der Waals surface area contributed by atoms with Crippen LogP contribution in [-0.2, 0) is 0 Å². The monoisotopic (exact) mass is 238 g/mol. The zero-order chi connectivity index (χ0) is 12.8. The molecule has 0 aliphatic heterocycles. The van der Waals surface area contributed by atoms with Crippen LogP contribution in [0, 0.1) is 5.92 Å². The van der Waals surface area contributed by atoms with E-state index in [2.05, 4.69) is 20.1 Å². The number of hydrogen-bond donors (Lipinski definition) is 0. The maximum atomic E-state index is 3.00. The summed E-state index contributed by atoms with van der Waals surface area (Å²) >= 11 is 0. The van der Waals surface area contributed by atoms with Crippen LogP contribution < -0.4 is 0 Å². The first-order valence-electron chi connectivity index (χ1n) is 7.93. The molecule has 0 heterocycles. The molecule has 1 rings (SSSR count). The standard InChI is InChI=1S/C15H30.C2H4/c1-2-12-15-13-10-8-6-4-3-5-7-9-11-14-15;1-2/h15H,2-14H2,1H3;1-2H2. The average Bonchev–Trinajstić information content (AvgIpc) is 2.35. The summed E-state index contributed by atoms with van der Waals surface area (Å²) in [6.45, 7) is 8.34. The number of hydrogen-bond acceptors (Lipinski definition) is 0. The predicted molar refractivity (Wildman–Crippen MR) is 80.4 cm³/mol. The summed E-state index contributed by atoms with van der Waals surface area (Å²) in [7, 11) is 0. The molecule has 0 aromatic carbocycles. The molecular weight excluding hydrogens is 204 g/mol. The van der Waals surface area contributed by atoms with E-state index >= 15 is 0 Å². The van der Waals surface area contributed by atoms with Crippen LogP contribution in [-0.4, -0.2) is 0 Å². The Morgan fingerprint density at radius 3 is 1.41 bits per heavy atom. The molecule has 0 atom stereocenters. The van der Waals surface area contributed by atoms with Crippen molar-refractivity contribution in [1.29, 1.82) is 0 Å². The highest BCUT2D eigenvalue weighted by Crippen LogP contribution is 2.24. The van der Waals surface area contributed by atoms with Gasteiger partial charge in [0, 0.05) is 0 Å². The Balaban J connectivity index is 0.00000121. The van der Waals surface area contributed by atoms with Crippen LogP contribution in [0.4, 0.5) is 0 Å². The van der Waals surface area contributed by atoms with Crippen molar-refractivity contribution in [2.75, 3.05) is 0 Å². The van der Waals surface area contributed by atoms with E-state index in [-0.39, 0.29) is 0 Å². The van der Waals surface area contributed by atoms with Gasteiger partial charge in [-0.2, -0.15) is 0 Å². The van der Waals surface area contributed by atoms with Crippen molar-refractivity contribution in [3.8, 4) is 0 Å². The molecule has 0 saturated heterocycles. The Kier molecular flexibility index (Phi) is 13.6. The Hall–Kier alpha value is -0.260. The lowest BCUT2D eigenvalue weighted by atomic mass is 9.90. The minimum absolute atomic E-state index is 1.06. The second kappa shape index (κ2) is 13.8.